The fourth-order valence-electron chi connectivity index (χ4n) is 2.11. The van der Waals surface area contributed by atoms with Gasteiger partial charge in [-0.15, -0.1) is 0 Å². The maximum Gasteiger partial charge on any atom is 0.134 e. The molecule has 3 aromatic rings. The van der Waals surface area contributed by atoms with Gasteiger partial charge in [0.25, 0.3) is 0 Å². The number of fused-ring (bicyclic) bond motifs is 1. The van der Waals surface area contributed by atoms with Gasteiger partial charge in [-0.1, -0.05) is 24.3 Å². The Balaban J connectivity index is 2.05. The largest absolute Gasteiger partial charge is 0.388 e. The predicted molar refractivity (Wildman–Crippen MR) is 69.0 cm³/mol. The summed E-state index contributed by atoms with van der Waals surface area (Å²) in [6, 6.07) is 10.1. The lowest BCUT2D eigenvalue weighted by atomic mass is 10.1. The minimum atomic E-state index is -0.0504. The summed E-state index contributed by atoms with van der Waals surface area (Å²) in [5.41, 5.74) is 2.12. The zero-order chi connectivity index (χ0) is 12.4. The molecule has 4 nitrogen and oxygen atoms in total. The van der Waals surface area contributed by atoms with Crippen molar-refractivity contribution in [3.8, 4) is 0 Å². The summed E-state index contributed by atoms with van der Waals surface area (Å²) in [4.78, 5) is 8.52. The Morgan fingerprint density at radius 2 is 1.94 bits per heavy atom. The number of aliphatic hydroxyl groups is 1. The summed E-state index contributed by atoms with van der Waals surface area (Å²) >= 11 is 0. The van der Waals surface area contributed by atoms with Gasteiger partial charge in [0.1, 0.15) is 12.4 Å². The van der Waals surface area contributed by atoms with Crippen LogP contribution in [-0.4, -0.2) is 19.6 Å². The maximum absolute atomic E-state index is 9.20. The molecule has 0 spiro atoms. The van der Waals surface area contributed by atoms with Gasteiger partial charge in [0.2, 0.25) is 0 Å². The van der Waals surface area contributed by atoms with Crippen LogP contribution in [0, 0.1) is 0 Å². The predicted octanol–water partition coefficient (Wildman–Crippen LogP) is 1.97. The van der Waals surface area contributed by atoms with Crippen LogP contribution >= 0.6 is 0 Å². The van der Waals surface area contributed by atoms with E-state index in [0.717, 1.165) is 16.5 Å². The molecule has 0 aliphatic rings. The first kappa shape index (κ1) is 10.9. The van der Waals surface area contributed by atoms with Gasteiger partial charge >= 0.3 is 0 Å². The SMILES string of the molecule is OCc1nccn1Cc1cccc2cccnc12. The molecule has 2 aromatic heterocycles. The highest BCUT2D eigenvalue weighted by atomic mass is 16.3. The lowest BCUT2D eigenvalue weighted by Gasteiger charge is -2.08. The van der Waals surface area contributed by atoms with Crippen molar-refractivity contribution < 1.29 is 5.11 Å². The first-order chi connectivity index (χ1) is 8.88. The average molecular weight is 239 g/mol. The topological polar surface area (TPSA) is 50.9 Å². The number of nitrogens with zero attached hydrogens (tertiary/aromatic N) is 3. The zero-order valence-electron chi connectivity index (χ0n) is 9.82. The Bertz CT molecular complexity index is 670. The van der Waals surface area contributed by atoms with E-state index in [9.17, 15) is 5.11 Å². The first-order valence-corrected chi connectivity index (χ1v) is 5.82. The van der Waals surface area contributed by atoms with Gasteiger partial charge in [0, 0.05) is 24.0 Å². The molecule has 0 fully saturated rings. The Kier molecular flexibility index (Phi) is 2.78. The van der Waals surface area contributed by atoms with Crippen molar-refractivity contribution in [2.45, 2.75) is 13.2 Å². The number of hydrogen-bond donors (Lipinski definition) is 1. The minimum Gasteiger partial charge on any atom is -0.388 e. The van der Waals surface area contributed by atoms with Crippen LogP contribution in [-0.2, 0) is 13.2 Å². The van der Waals surface area contributed by atoms with E-state index < -0.39 is 0 Å². The summed E-state index contributed by atoms with van der Waals surface area (Å²) in [6.45, 7) is 0.620. The lowest BCUT2D eigenvalue weighted by molar-refractivity contribution is 0.266. The van der Waals surface area contributed by atoms with E-state index in [2.05, 4.69) is 16.0 Å². The van der Waals surface area contributed by atoms with Gasteiger partial charge in [-0.3, -0.25) is 4.98 Å². The summed E-state index contributed by atoms with van der Waals surface area (Å²) in [7, 11) is 0. The second-order valence-electron chi connectivity index (χ2n) is 4.12. The average Bonchev–Trinajstić information content (AvgIpc) is 2.86. The molecule has 1 aromatic carbocycles. The van der Waals surface area contributed by atoms with E-state index in [-0.39, 0.29) is 6.61 Å². The molecular formula is C14H13N3O. The summed E-state index contributed by atoms with van der Waals surface area (Å²) < 4.78 is 1.93. The van der Waals surface area contributed by atoms with Gasteiger partial charge < -0.3 is 9.67 Å². The Morgan fingerprint density at radius 3 is 2.83 bits per heavy atom. The molecule has 18 heavy (non-hydrogen) atoms. The van der Waals surface area contributed by atoms with Crippen LogP contribution in [0.2, 0.25) is 0 Å². The number of para-hydroxylation sites is 1. The monoisotopic (exact) mass is 239 g/mol. The fourth-order valence-corrected chi connectivity index (χ4v) is 2.11. The third-order valence-electron chi connectivity index (χ3n) is 3.00. The highest BCUT2D eigenvalue weighted by Gasteiger charge is 2.05. The number of benzene rings is 1. The Labute approximate surface area is 105 Å². The van der Waals surface area contributed by atoms with E-state index in [4.69, 9.17) is 0 Å². The van der Waals surface area contributed by atoms with Crippen LogP contribution in [0.15, 0.2) is 48.9 Å². The van der Waals surface area contributed by atoms with Crippen LogP contribution in [0.3, 0.4) is 0 Å². The summed E-state index contributed by atoms with van der Waals surface area (Å²) in [6.07, 6.45) is 5.37. The van der Waals surface area contributed by atoms with Gasteiger partial charge in [-0.2, -0.15) is 0 Å². The van der Waals surface area contributed by atoms with Crippen LogP contribution in [0.5, 0.6) is 0 Å². The van der Waals surface area contributed by atoms with Crippen molar-refractivity contribution in [3.63, 3.8) is 0 Å². The van der Waals surface area contributed by atoms with Crippen molar-refractivity contribution in [2.75, 3.05) is 0 Å². The molecule has 0 radical (unpaired) electrons. The minimum absolute atomic E-state index is 0.0504. The smallest absolute Gasteiger partial charge is 0.134 e. The maximum atomic E-state index is 9.20. The molecule has 90 valence electrons. The summed E-state index contributed by atoms with van der Waals surface area (Å²) in [5.74, 6) is 0.669. The third kappa shape index (κ3) is 1.87. The van der Waals surface area contributed by atoms with Gasteiger partial charge in [-0.25, -0.2) is 4.98 Å². The second kappa shape index (κ2) is 4.58. The molecule has 0 aliphatic carbocycles. The molecule has 3 rings (SSSR count). The molecular weight excluding hydrogens is 226 g/mol. The number of pyridine rings is 1. The second-order valence-corrected chi connectivity index (χ2v) is 4.12. The van der Waals surface area contributed by atoms with Crippen molar-refractivity contribution >= 4 is 10.9 Å². The van der Waals surface area contributed by atoms with Crippen LogP contribution in [0.25, 0.3) is 10.9 Å². The molecule has 0 saturated heterocycles. The third-order valence-corrected chi connectivity index (χ3v) is 3.00. The molecule has 4 heteroatoms. The van der Waals surface area contributed by atoms with Crippen molar-refractivity contribution in [2.24, 2.45) is 0 Å². The molecule has 0 saturated carbocycles. The van der Waals surface area contributed by atoms with Crippen molar-refractivity contribution in [3.05, 3.63) is 60.3 Å². The molecule has 0 bridgehead atoms. The van der Waals surface area contributed by atoms with Crippen molar-refractivity contribution in [1.82, 2.24) is 14.5 Å². The molecule has 1 N–H and O–H groups in total. The first-order valence-electron chi connectivity index (χ1n) is 5.82. The highest BCUT2D eigenvalue weighted by molar-refractivity contribution is 5.81. The highest BCUT2D eigenvalue weighted by Crippen LogP contribution is 2.17. The van der Waals surface area contributed by atoms with Crippen LogP contribution in [0.4, 0.5) is 0 Å². The van der Waals surface area contributed by atoms with Gasteiger partial charge in [-0.05, 0) is 11.6 Å². The molecule has 0 aliphatic heterocycles. The molecule has 0 atom stereocenters. The molecule has 2 heterocycles. The van der Waals surface area contributed by atoms with Crippen molar-refractivity contribution in [1.29, 1.82) is 0 Å². The summed E-state index contributed by atoms with van der Waals surface area (Å²) in [5, 5.41) is 10.3. The van der Waals surface area contributed by atoms with E-state index >= 15 is 0 Å². The van der Waals surface area contributed by atoms with Crippen LogP contribution < -0.4 is 0 Å². The Hall–Kier alpha value is -2.20. The van der Waals surface area contributed by atoms with Gasteiger partial charge in [0.15, 0.2) is 0 Å². The number of aliphatic hydroxyl groups excluding tert-OH is 1. The normalized spacial score (nSPS) is 10.9. The van der Waals surface area contributed by atoms with Crippen LogP contribution in [0.1, 0.15) is 11.4 Å². The molecule has 0 unspecified atom stereocenters. The fraction of sp³-hybridized carbons (Fsp3) is 0.143. The standard InChI is InChI=1S/C14H13N3O/c18-10-13-15-7-8-17(13)9-12-4-1-3-11-5-2-6-16-14(11)12/h1-8,18H,9-10H2. The Morgan fingerprint density at radius 1 is 1.06 bits per heavy atom. The van der Waals surface area contributed by atoms with E-state index in [1.807, 2.05) is 35.0 Å². The number of rotatable bonds is 3. The number of hydrogen-bond acceptors (Lipinski definition) is 3. The van der Waals surface area contributed by atoms with E-state index in [0.29, 0.717) is 12.4 Å². The zero-order valence-corrected chi connectivity index (χ0v) is 9.82. The van der Waals surface area contributed by atoms with E-state index in [1.165, 1.54) is 0 Å². The number of imidazole rings is 1. The quantitative estimate of drug-likeness (QED) is 0.760. The van der Waals surface area contributed by atoms with Gasteiger partial charge in [0.05, 0.1) is 12.1 Å². The molecule has 0 amide bonds. The van der Waals surface area contributed by atoms with E-state index in [1.54, 1.807) is 12.4 Å². The lowest BCUT2D eigenvalue weighted by Crippen LogP contribution is -2.05. The number of aromatic nitrogens is 3.